The Kier molecular flexibility index (Phi) is 3.89. The fourth-order valence-corrected chi connectivity index (χ4v) is 2.08. The van der Waals surface area contributed by atoms with Crippen LogP contribution in [0.5, 0.6) is 0 Å². The average molecular weight is 204 g/mol. The molecule has 4 nitrogen and oxygen atoms in total. The highest BCUT2D eigenvalue weighted by molar-refractivity contribution is 4.86. The molecule has 1 aliphatic carbocycles. The van der Waals surface area contributed by atoms with Gasteiger partial charge in [-0.3, -0.25) is 0 Å². The van der Waals surface area contributed by atoms with Gasteiger partial charge < -0.3 is 18.9 Å². The Bertz CT molecular complexity index is 155. The molecule has 1 rings (SSSR count). The third kappa shape index (κ3) is 2.08. The van der Waals surface area contributed by atoms with Crippen LogP contribution in [-0.4, -0.2) is 40.0 Å². The molecule has 0 aromatic rings. The molecule has 0 aromatic carbocycles. The summed E-state index contributed by atoms with van der Waals surface area (Å²) in [6.07, 6.45) is 3.35. The Hall–Kier alpha value is -0.160. The molecule has 1 aliphatic rings. The average Bonchev–Trinajstić information content (AvgIpc) is 2.29. The first-order valence-corrected chi connectivity index (χ1v) is 4.86. The van der Waals surface area contributed by atoms with Gasteiger partial charge in [0.2, 0.25) is 0 Å². The van der Waals surface area contributed by atoms with Gasteiger partial charge in [0.25, 0.3) is 0 Å². The van der Waals surface area contributed by atoms with Crippen molar-refractivity contribution in [2.24, 2.45) is 0 Å². The number of methoxy groups -OCH3 is 4. The summed E-state index contributed by atoms with van der Waals surface area (Å²) >= 11 is 0. The molecular formula is C10H20O4. The summed E-state index contributed by atoms with van der Waals surface area (Å²) in [6.45, 7) is 0. The van der Waals surface area contributed by atoms with Crippen molar-refractivity contribution < 1.29 is 18.9 Å². The number of ether oxygens (including phenoxy) is 4. The Labute approximate surface area is 85.5 Å². The number of hydrogen-bond donors (Lipinski definition) is 0. The lowest BCUT2D eigenvalue weighted by molar-refractivity contribution is -0.313. The van der Waals surface area contributed by atoms with E-state index < -0.39 is 11.6 Å². The highest BCUT2D eigenvalue weighted by atomic mass is 16.7. The predicted octanol–water partition coefficient (Wildman–Crippen LogP) is 1.54. The molecule has 0 aliphatic heterocycles. The minimum Gasteiger partial charge on any atom is -0.353 e. The van der Waals surface area contributed by atoms with Crippen LogP contribution in [0.1, 0.15) is 25.7 Å². The summed E-state index contributed by atoms with van der Waals surface area (Å²) in [7, 11) is 6.63. The van der Waals surface area contributed by atoms with Gasteiger partial charge in [-0.2, -0.15) is 0 Å². The largest absolute Gasteiger partial charge is 0.353 e. The van der Waals surface area contributed by atoms with Gasteiger partial charge in [-0.15, -0.1) is 0 Å². The Morgan fingerprint density at radius 2 is 1.07 bits per heavy atom. The molecule has 0 radical (unpaired) electrons. The van der Waals surface area contributed by atoms with Crippen molar-refractivity contribution in [2.45, 2.75) is 37.3 Å². The van der Waals surface area contributed by atoms with Crippen molar-refractivity contribution in [3.8, 4) is 0 Å². The monoisotopic (exact) mass is 204 g/mol. The SMILES string of the molecule is COC1(OC)CCCC(OC)(OC)C1. The Balaban J connectivity index is 2.75. The van der Waals surface area contributed by atoms with Crippen LogP contribution < -0.4 is 0 Å². The normalized spacial score (nSPS) is 24.9. The highest BCUT2D eigenvalue weighted by Gasteiger charge is 2.46. The third-order valence-electron chi connectivity index (χ3n) is 3.14. The lowest BCUT2D eigenvalue weighted by Gasteiger charge is -2.44. The van der Waals surface area contributed by atoms with E-state index in [1.54, 1.807) is 28.4 Å². The molecule has 0 spiro atoms. The second-order valence-electron chi connectivity index (χ2n) is 3.67. The molecule has 4 heteroatoms. The minimum absolute atomic E-state index is 0.551. The quantitative estimate of drug-likeness (QED) is 0.651. The van der Waals surface area contributed by atoms with E-state index in [1.807, 2.05) is 0 Å². The van der Waals surface area contributed by atoms with Gasteiger partial charge >= 0.3 is 0 Å². The Morgan fingerprint density at radius 1 is 0.714 bits per heavy atom. The summed E-state index contributed by atoms with van der Waals surface area (Å²) < 4.78 is 21.6. The van der Waals surface area contributed by atoms with Crippen molar-refractivity contribution >= 4 is 0 Å². The molecular weight excluding hydrogens is 184 g/mol. The molecule has 1 saturated carbocycles. The van der Waals surface area contributed by atoms with Gasteiger partial charge in [-0.05, 0) is 6.42 Å². The van der Waals surface area contributed by atoms with Crippen LogP contribution in [0.2, 0.25) is 0 Å². The van der Waals surface area contributed by atoms with Crippen molar-refractivity contribution in [2.75, 3.05) is 28.4 Å². The molecule has 0 aromatic heterocycles. The molecule has 14 heavy (non-hydrogen) atoms. The van der Waals surface area contributed by atoms with Crippen molar-refractivity contribution in [1.29, 1.82) is 0 Å². The molecule has 0 heterocycles. The van der Waals surface area contributed by atoms with E-state index in [9.17, 15) is 0 Å². The van der Waals surface area contributed by atoms with Crippen LogP contribution in [0.3, 0.4) is 0 Å². The maximum absolute atomic E-state index is 5.40. The standard InChI is InChI=1S/C10H20O4/c1-11-9(12-2)6-5-7-10(8-9,13-3)14-4/h5-8H2,1-4H3. The zero-order chi connectivity index (χ0) is 10.7. The van der Waals surface area contributed by atoms with Crippen LogP contribution in [0.15, 0.2) is 0 Å². The maximum Gasteiger partial charge on any atom is 0.172 e. The predicted molar refractivity (Wildman–Crippen MR) is 52.0 cm³/mol. The zero-order valence-corrected chi connectivity index (χ0v) is 9.46. The van der Waals surface area contributed by atoms with E-state index in [0.717, 1.165) is 19.3 Å². The van der Waals surface area contributed by atoms with E-state index >= 15 is 0 Å². The Morgan fingerprint density at radius 3 is 1.36 bits per heavy atom. The summed E-state index contributed by atoms with van der Waals surface area (Å²) in [6, 6.07) is 0. The van der Waals surface area contributed by atoms with Gasteiger partial charge in [0.1, 0.15) is 0 Å². The van der Waals surface area contributed by atoms with E-state index in [0.29, 0.717) is 6.42 Å². The zero-order valence-electron chi connectivity index (χ0n) is 9.46. The molecule has 0 saturated heterocycles. The van der Waals surface area contributed by atoms with E-state index in [4.69, 9.17) is 18.9 Å². The smallest absolute Gasteiger partial charge is 0.172 e. The molecule has 0 amide bonds. The molecule has 1 fully saturated rings. The molecule has 0 bridgehead atoms. The van der Waals surface area contributed by atoms with Gasteiger partial charge in [0.15, 0.2) is 11.6 Å². The first-order valence-electron chi connectivity index (χ1n) is 4.86. The van der Waals surface area contributed by atoms with E-state index in [-0.39, 0.29) is 0 Å². The van der Waals surface area contributed by atoms with Gasteiger partial charge in [-0.25, -0.2) is 0 Å². The van der Waals surface area contributed by atoms with Crippen LogP contribution in [0.4, 0.5) is 0 Å². The fourth-order valence-electron chi connectivity index (χ4n) is 2.08. The lowest BCUT2D eigenvalue weighted by atomic mass is 9.88. The molecule has 0 unspecified atom stereocenters. The van der Waals surface area contributed by atoms with E-state index in [2.05, 4.69) is 0 Å². The summed E-state index contributed by atoms with van der Waals surface area (Å²) in [5, 5.41) is 0. The van der Waals surface area contributed by atoms with Crippen LogP contribution in [-0.2, 0) is 18.9 Å². The van der Waals surface area contributed by atoms with Crippen molar-refractivity contribution in [1.82, 2.24) is 0 Å². The molecule has 84 valence electrons. The van der Waals surface area contributed by atoms with Crippen LogP contribution >= 0.6 is 0 Å². The number of rotatable bonds is 4. The molecule has 0 N–H and O–H groups in total. The fraction of sp³-hybridized carbons (Fsp3) is 1.00. The van der Waals surface area contributed by atoms with Gasteiger partial charge in [-0.1, -0.05) is 0 Å². The van der Waals surface area contributed by atoms with Crippen molar-refractivity contribution in [3.05, 3.63) is 0 Å². The summed E-state index contributed by atoms with van der Waals surface area (Å²) in [4.78, 5) is 0. The van der Waals surface area contributed by atoms with Gasteiger partial charge in [0.05, 0.1) is 6.42 Å². The van der Waals surface area contributed by atoms with E-state index in [1.165, 1.54) is 0 Å². The first kappa shape index (κ1) is 11.9. The first-order chi connectivity index (χ1) is 6.66. The van der Waals surface area contributed by atoms with Crippen LogP contribution in [0.25, 0.3) is 0 Å². The maximum atomic E-state index is 5.40. The second kappa shape index (κ2) is 4.57. The van der Waals surface area contributed by atoms with Crippen molar-refractivity contribution in [3.63, 3.8) is 0 Å². The summed E-state index contributed by atoms with van der Waals surface area (Å²) in [5.74, 6) is -1.10. The summed E-state index contributed by atoms with van der Waals surface area (Å²) in [5.41, 5.74) is 0. The molecule has 0 atom stereocenters. The minimum atomic E-state index is -0.551. The van der Waals surface area contributed by atoms with Gasteiger partial charge in [0, 0.05) is 41.3 Å². The highest BCUT2D eigenvalue weighted by Crippen LogP contribution is 2.40. The lowest BCUT2D eigenvalue weighted by Crippen LogP contribution is -2.50. The van der Waals surface area contributed by atoms with Crippen LogP contribution in [0, 0.1) is 0 Å². The topological polar surface area (TPSA) is 36.9 Å². The third-order valence-corrected chi connectivity index (χ3v) is 3.14. The second-order valence-corrected chi connectivity index (χ2v) is 3.67. The number of hydrogen-bond acceptors (Lipinski definition) is 4.